The van der Waals surface area contributed by atoms with Crippen LogP contribution in [0.2, 0.25) is 0 Å². The van der Waals surface area contributed by atoms with Crippen LogP contribution in [0, 0.1) is 12.8 Å². The molecule has 1 fully saturated rings. The second kappa shape index (κ2) is 6.77. The highest BCUT2D eigenvalue weighted by Gasteiger charge is 2.29. The van der Waals surface area contributed by atoms with Crippen LogP contribution in [0.25, 0.3) is 0 Å². The molecule has 0 bridgehead atoms. The first kappa shape index (κ1) is 15.6. The molecule has 3 heteroatoms. The average Bonchev–Trinajstić information content (AvgIpc) is 3.12. The van der Waals surface area contributed by atoms with E-state index in [4.69, 9.17) is 4.42 Å². The third-order valence-corrected chi connectivity index (χ3v) is 3.79. The maximum Gasteiger partial charge on any atom is 0.118 e. The fraction of sp³-hybridized carbons (Fsp3) is 0.765. The second-order valence-corrected chi connectivity index (χ2v) is 6.88. The zero-order valence-corrected chi connectivity index (χ0v) is 13.7. The zero-order chi connectivity index (χ0) is 14.7. The summed E-state index contributed by atoms with van der Waals surface area (Å²) in [4.78, 5) is 2.63. The van der Waals surface area contributed by atoms with Crippen LogP contribution in [0.3, 0.4) is 0 Å². The maximum atomic E-state index is 5.88. The quantitative estimate of drug-likeness (QED) is 0.786. The van der Waals surface area contributed by atoms with Gasteiger partial charge >= 0.3 is 0 Å². The Kier molecular flexibility index (Phi) is 5.28. The van der Waals surface area contributed by atoms with Crippen molar-refractivity contribution in [2.24, 2.45) is 5.92 Å². The monoisotopic (exact) mass is 278 g/mol. The summed E-state index contributed by atoms with van der Waals surface area (Å²) in [6, 6.07) is 3.54. The molecule has 20 heavy (non-hydrogen) atoms. The topological polar surface area (TPSA) is 28.4 Å². The van der Waals surface area contributed by atoms with Crippen LogP contribution in [0.15, 0.2) is 10.5 Å². The Bertz CT molecular complexity index is 419. The average molecular weight is 278 g/mol. The SMILES string of the molecule is Cc1oc(CNC(C)C)cc1CN(CC(C)C)C1CC1. The Labute approximate surface area is 123 Å². The number of rotatable bonds is 8. The third-order valence-electron chi connectivity index (χ3n) is 3.79. The molecule has 2 rings (SSSR count). The van der Waals surface area contributed by atoms with E-state index in [-0.39, 0.29) is 0 Å². The molecule has 0 amide bonds. The van der Waals surface area contributed by atoms with Crippen LogP contribution in [0.4, 0.5) is 0 Å². The van der Waals surface area contributed by atoms with Gasteiger partial charge in [0.15, 0.2) is 0 Å². The van der Waals surface area contributed by atoms with Gasteiger partial charge in [-0.15, -0.1) is 0 Å². The van der Waals surface area contributed by atoms with Crippen molar-refractivity contribution in [3.05, 3.63) is 23.2 Å². The van der Waals surface area contributed by atoms with Crippen LogP contribution in [0.1, 0.15) is 57.6 Å². The molecule has 3 nitrogen and oxygen atoms in total. The Morgan fingerprint density at radius 3 is 2.55 bits per heavy atom. The fourth-order valence-electron chi connectivity index (χ4n) is 2.61. The molecule has 1 aliphatic rings. The molecule has 0 atom stereocenters. The summed E-state index contributed by atoms with van der Waals surface area (Å²) < 4.78 is 5.88. The standard InChI is InChI=1S/C17H30N2O/c1-12(2)10-19(16-6-7-16)11-15-8-17(20-14(15)5)9-18-13(3)4/h8,12-13,16,18H,6-7,9-11H2,1-5H3. The highest BCUT2D eigenvalue weighted by atomic mass is 16.3. The van der Waals surface area contributed by atoms with Crippen LogP contribution >= 0.6 is 0 Å². The smallest absolute Gasteiger partial charge is 0.118 e. The number of nitrogens with one attached hydrogen (secondary N) is 1. The van der Waals surface area contributed by atoms with Gasteiger partial charge in [0, 0.05) is 30.7 Å². The Morgan fingerprint density at radius 1 is 1.30 bits per heavy atom. The molecule has 0 saturated heterocycles. The maximum absolute atomic E-state index is 5.88. The molecule has 0 radical (unpaired) electrons. The number of nitrogens with zero attached hydrogens (tertiary/aromatic N) is 1. The van der Waals surface area contributed by atoms with Crippen molar-refractivity contribution in [2.45, 2.75) is 72.6 Å². The summed E-state index contributed by atoms with van der Waals surface area (Å²) in [6.07, 6.45) is 2.73. The minimum absolute atomic E-state index is 0.493. The lowest BCUT2D eigenvalue weighted by Crippen LogP contribution is -2.29. The van der Waals surface area contributed by atoms with E-state index in [2.05, 4.69) is 50.9 Å². The van der Waals surface area contributed by atoms with E-state index < -0.39 is 0 Å². The van der Waals surface area contributed by atoms with Crippen molar-refractivity contribution < 1.29 is 4.42 Å². The number of aryl methyl sites for hydroxylation is 1. The van der Waals surface area contributed by atoms with Gasteiger partial charge in [-0.25, -0.2) is 0 Å². The normalized spacial score (nSPS) is 15.8. The molecule has 1 N–H and O–H groups in total. The van der Waals surface area contributed by atoms with Crippen molar-refractivity contribution in [3.63, 3.8) is 0 Å². The van der Waals surface area contributed by atoms with Crippen LogP contribution < -0.4 is 5.32 Å². The van der Waals surface area contributed by atoms with Crippen LogP contribution in [-0.2, 0) is 13.1 Å². The minimum atomic E-state index is 0.493. The lowest BCUT2D eigenvalue weighted by molar-refractivity contribution is 0.225. The zero-order valence-electron chi connectivity index (χ0n) is 13.7. The molecule has 1 aromatic heterocycles. The largest absolute Gasteiger partial charge is 0.465 e. The molecule has 0 aromatic carbocycles. The Morgan fingerprint density at radius 2 is 2.00 bits per heavy atom. The van der Waals surface area contributed by atoms with Crippen LogP contribution in [0.5, 0.6) is 0 Å². The Balaban J connectivity index is 1.96. The fourth-order valence-corrected chi connectivity index (χ4v) is 2.61. The lowest BCUT2D eigenvalue weighted by Gasteiger charge is -2.23. The lowest BCUT2D eigenvalue weighted by atomic mass is 10.1. The highest BCUT2D eigenvalue weighted by molar-refractivity contribution is 5.21. The first-order valence-corrected chi connectivity index (χ1v) is 8.01. The molecule has 0 unspecified atom stereocenters. The number of furan rings is 1. The van der Waals surface area contributed by atoms with Crippen molar-refractivity contribution in [3.8, 4) is 0 Å². The first-order valence-electron chi connectivity index (χ1n) is 8.01. The van der Waals surface area contributed by atoms with Crippen molar-refractivity contribution in [2.75, 3.05) is 6.54 Å². The molecule has 114 valence electrons. The highest BCUT2D eigenvalue weighted by Crippen LogP contribution is 2.30. The molecule has 0 aliphatic heterocycles. The molecular weight excluding hydrogens is 248 g/mol. The summed E-state index contributed by atoms with van der Waals surface area (Å²) in [7, 11) is 0. The van der Waals surface area contributed by atoms with Gasteiger partial charge in [-0.2, -0.15) is 0 Å². The van der Waals surface area contributed by atoms with Gasteiger partial charge in [0.1, 0.15) is 11.5 Å². The van der Waals surface area contributed by atoms with Gasteiger partial charge in [0.2, 0.25) is 0 Å². The molecule has 1 aromatic rings. The van der Waals surface area contributed by atoms with Gasteiger partial charge in [0.05, 0.1) is 6.54 Å². The molecule has 1 heterocycles. The van der Waals surface area contributed by atoms with Gasteiger partial charge in [0.25, 0.3) is 0 Å². The summed E-state index contributed by atoms with van der Waals surface area (Å²) in [5.41, 5.74) is 1.36. The van der Waals surface area contributed by atoms with E-state index in [1.54, 1.807) is 0 Å². The predicted molar refractivity (Wildman–Crippen MR) is 83.7 cm³/mol. The van der Waals surface area contributed by atoms with Gasteiger partial charge < -0.3 is 9.73 Å². The second-order valence-electron chi connectivity index (χ2n) is 6.88. The minimum Gasteiger partial charge on any atom is -0.465 e. The van der Waals surface area contributed by atoms with E-state index in [1.807, 2.05) is 0 Å². The summed E-state index contributed by atoms with van der Waals surface area (Å²) in [6.45, 7) is 14.1. The van der Waals surface area contributed by atoms with Crippen molar-refractivity contribution in [1.82, 2.24) is 10.2 Å². The summed E-state index contributed by atoms with van der Waals surface area (Å²) in [5, 5.41) is 3.42. The van der Waals surface area contributed by atoms with Gasteiger partial charge in [-0.1, -0.05) is 27.7 Å². The van der Waals surface area contributed by atoms with E-state index in [0.717, 1.165) is 36.6 Å². The first-order chi connectivity index (χ1) is 9.45. The molecular formula is C17H30N2O. The molecule has 0 spiro atoms. The summed E-state index contributed by atoms with van der Waals surface area (Å²) in [5.74, 6) is 2.87. The molecule has 1 saturated carbocycles. The third kappa shape index (κ3) is 4.64. The van der Waals surface area contributed by atoms with E-state index in [9.17, 15) is 0 Å². The van der Waals surface area contributed by atoms with Gasteiger partial charge in [-0.3, -0.25) is 4.90 Å². The summed E-state index contributed by atoms with van der Waals surface area (Å²) >= 11 is 0. The number of hydrogen-bond donors (Lipinski definition) is 1. The predicted octanol–water partition coefficient (Wildman–Crippen LogP) is 3.71. The van der Waals surface area contributed by atoms with Crippen LogP contribution in [-0.4, -0.2) is 23.5 Å². The van der Waals surface area contributed by atoms with E-state index in [1.165, 1.54) is 24.9 Å². The van der Waals surface area contributed by atoms with Crippen molar-refractivity contribution in [1.29, 1.82) is 0 Å². The van der Waals surface area contributed by atoms with E-state index >= 15 is 0 Å². The number of hydrogen-bond acceptors (Lipinski definition) is 3. The Hall–Kier alpha value is -0.800. The molecule has 1 aliphatic carbocycles. The van der Waals surface area contributed by atoms with Crippen molar-refractivity contribution >= 4 is 0 Å². The van der Waals surface area contributed by atoms with Gasteiger partial charge in [-0.05, 0) is 31.7 Å². The van der Waals surface area contributed by atoms with E-state index in [0.29, 0.717) is 6.04 Å².